The Hall–Kier alpha value is -1.55. The van der Waals surface area contributed by atoms with E-state index in [1.165, 1.54) is 20.0 Å². The lowest BCUT2D eigenvalue weighted by atomic mass is 9.85. The number of methoxy groups -OCH3 is 1. The average Bonchev–Trinajstić information content (AvgIpc) is 2.83. The molecule has 1 saturated carbocycles. The van der Waals surface area contributed by atoms with Crippen molar-refractivity contribution in [2.24, 2.45) is 11.8 Å². The van der Waals surface area contributed by atoms with Crippen molar-refractivity contribution in [3.63, 3.8) is 0 Å². The molecule has 1 aromatic rings. The van der Waals surface area contributed by atoms with E-state index in [-0.39, 0.29) is 11.8 Å². The van der Waals surface area contributed by atoms with Gasteiger partial charge >= 0.3 is 5.97 Å². The molecule has 1 amide bonds. The number of halogens is 1. The minimum atomic E-state index is -0.703. The van der Waals surface area contributed by atoms with E-state index in [4.69, 9.17) is 16.3 Å². The third-order valence-corrected chi connectivity index (χ3v) is 4.74. The second-order valence-corrected chi connectivity index (χ2v) is 6.53. The van der Waals surface area contributed by atoms with Crippen molar-refractivity contribution >= 4 is 23.5 Å². The maximum absolute atomic E-state index is 12.6. The van der Waals surface area contributed by atoms with Crippen LogP contribution in [0.1, 0.15) is 44.1 Å². The fraction of sp³-hybridized carbons (Fsp3) is 0.556. The Balaban J connectivity index is 2.00. The Morgan fingerprint density at radius 2 is 1.78 bits per heavy atom. The zero-order valence-electron chi connectivity index (χ0n) is 13.5. The molecule has 4 nitrogen and oxygen atoms in total. The highest BCUT2D eigenvalue weighted by Gasteiger charge is 2.35. The van der Waals surface area contributed by atoms with E-state index in [2.05, 4.69) is 5.32 Å². The van der Waals surface area contributed by atoms with Crippen molar-refractivity contribution in [2.75, 3.05) is 7.11 Å². The predicted octanol–water partition coefficient (Wildman–Crippen LogP) is 3.72. The van der Waals surface area contributed by atoms with Gasteiger partial charge in [-0.15, -0.1) is 0 Å². The van der Waals surface area contributed by atoms with Crippen molar-refractivity contribution in [3.8, 4) is 0 Å². The standard InChI is InChI=1S/C18H24ClNO3/c1-23-18(22)16(14-6-4-2-3-5-7-14)17(21)20-12-13-8-10-15(19)11-9-13/h8-11,14,16H,2-7,12H2,1H3,(H,20,21). The van der Waals surface area contributed by atoms with Gasteiger partial charge in [0.25, 0.3) is 0 Å². The molecular formula is C18H24ClNO3. The summed E-state index contributed by atoms with van der Waals surface area (Å²) in [6.07, 6.45) is 6.32. The summed E-state index contributed by atoms with van der Waals surface area (Å²) in [7, 11) is 1.35. The summed E-state index contributed by atoms with van der Waals surface area (Å²) < 4.78 is 4.88. The first-order valence-electron chi connectivity index (χ1n) is 8.22. The maximum atomic E-state index is 12.6. The molecule has 0 aliphatic heterocycles. The highest BCUT2D eigenvalue weighted by atomic mass is 35.5. The second kappa shape index (κ2) is 8.92. The number of hydrogen-bond donors (Lipinski definition) is 1. The Morgan fingerprint density at radius 3 is 2.35 bits per heavy atom. The number of amides is 1. The van der Waals surface area contributed by atoms with Crippen LogP contribution in [0.4, 0.5) is 0 Å². The fourth-order valence-corrected chi connectivity index (χ4v) is 3.31. The summed E-state index contributed by atoms with van der Waals surface area (Å²) in [4.78, 5) is 24.7. The van der Waals surface area contributed by atoms with Gasteiger partial charge in [-0.2, -0.15) is 0 Å². The van der Waals surface area contributed by atoms with E-state index in [9.17, 15) is 9.59 Å². The van der Waals surface area contributed by atoms with Crippen LogP contribution < -0.4 is 5.32 Å². The highest BCUT2D eigenvalue weighted by Crippen LogP contribution is 2.30. The third kappa shape index (κ3) is 5.24. The Bertz CT molecular complexity index is 522. The molecule has 1 N–H and O–H groups in total. The summed E-state index contributed by atoms with van der Waals surface area (Å²) in [5, 5.41) is 3.53. The zero-order chi connectivity index (χ0) is 16.7. The molecule has 0 bridgehead atoms. The number of rotatable bonds is 5. The second-order valence-electron chi connectivity index (χ2n) is 6.10. The van der Waals surface area contributed by atoms with E-state index in [0.717, 1.165) is 31.2 Å². The highest BCUT2D eigenvalue weighted by molar-refractivity contribution is 6.30. The number of benzene rings is 1. The minimum Gasteiger partial charge on any atom is -0.468 e. The van der Waals surface area contributed by atoms with Gasteiger partial charge in [-0.25, -0.2) is 0 Å². The van der Waals surface area contributed by atoms with Gasteiger partial charge in [0.15, 0.2) is 0 Å². The van der Waals surface area contributed by atoms with Crippen LogP contribution in [-0.2, 0) is 20.9 Å². The number of carbonyl (C=O) groups excluding carboxylic acids is 2. The predicted molar refractivity (Wildman–Crippen MR) is 90.0 cm³/mol. The molecule has 1 unspecified atom stereocenters. The van der Waals surface area contributed by atoms with Gasteiger partial charge in [-0.05, 0) is 36.5 Å². The van der Waals surface area contributed by atoms with Gasteiger partial charge in [0.1, 0.15) is 5.92 Å². The van der Waals surface area contributed by atoms with E-state index >= 15 is 0 Å². The number of ether oxygens (including phenoxy) is 1. The molecule has 1 aromatic carbocycles. The first-order chi connectivity index (χ1) is 11.1. The van der Waals surface area contributed by atoms with Gasteiger partial charge in [-0.1, -0.05) is 49.4 Å². The molecule has 23 heavy (non-hydrogen) atoms. The summed E-state index contributed by atoms with van der Waals surface area (Å²) in [5.41, 5.74) is 0.951. The number of esters is 1. The van der Waals surface area contributed by atoms with E-state index in [1.807, 2.05) is 12.1 Å². The van der Waals surface area contributed by atoms with Crippen LogP contribution in [0.15, 0.2) is 24.3 Å². The lowest BCUT2D eigenvalue weighted by Crippen LogP contribution is -2.40. The van der Waals surface area contributed by atoms with Crippen molar-refractivity contribution < 1.29 is 14.3 Å². The molecule has 1 fully saturated rings. The van der Waals surface area contributed by atoms with Crippen LogP contribution in [0.5, 0.6) is 0 Å². The first-order valence-corrected chi connectivity index (χ1v) is 8.59. The molecule has 1 aliphatic rings. The Kier molecular flexibility index (Phi) is 6.90. The molecule has 126 valence electrons. The van der Waals surface area contributed by atoms with Gasteiger partial charge < -0.3 is 10.1 Å². The SMILES string of the molecule is COC(=O)C(C(=O)NCc1ccc(Cl)cc1)C1CCCCCC1. The molecule has 0 spiro atoms. The van der Waals surface area contributed by atoms with Crippen LogP contribution in [0.2, 0.25) is 5.02 Å². The van der Waals surface area contributed by atoms with Crippen molar-refractivity contribution in [1.29, 1.82) is 0 Å². The van der Waals surface area contributed by atoms with E-state index in [0.29, 0.717) is 11.6 Å². The first kappa shape index (κ1) is 17.8. The van der Waals surface area contributed by atoms with Crippen LogP contribution in [0.25, 0.3) is 0 Å². The zero-order valence-corrected chi connectivity index (χ0v) is 14.3. The van der Waals surface area contributed by atoms with Crippen molar-refractivity contribution in [1.82, 2.24) is 5.32 Å². The number of nitrogens with one attached hydrogen (secondary N) is 1. The smallest absolute Gasteiger partial charge is 0.318 e. The van der Waals surface area contributed by atoms with E-state index < -0.39 is 11.9 Å². The summed E-state index contributed by atoms with van der Waals surface area (Å²) >= 11 is 5.85. The molecule has 1 atom stereocenters. The largest absolute Gasteiger partial charge is 0.468 e. The monoisotopic (exact) mass is 337 g/mol. The molecule has 2 rings (SSSR count). The van der Waals surface area contributed by atoms with Gasteiger partial charge in [0.2, 0.25) is 5.91 Å². The molecule has 0 heterocycles. The maximum Gasteiger partial charge on any atom is 0.318 e. The number of hydrogen-bond acceptors (Lipinski definition) is 3. The van der Waals surface area contributed by atoms with Gasteiger partial charge in [0.05, 0.1) is 7.11 Å². The lowest BCUT2D eigenvalue weighted by Gasteiger charge is -2.23. The van der Waals surface area contributed by atoms with Crippen molar-refractivity contribution in [3.05, 3.63) is 34.9 Å². The van der Waals surface area contributed by atoms with Crippen molar-refractivity contribution in [2.45, 2.75) is 45.1 Å². The topological polar surface area (TPSA) is 55.4 Å². The van der Waals surface area contributed by atoms with Gasteiger partial charge in [0, 0.05) is 11.6 Å². The fourth-order valence-electron chi connectivity index (χ4n) is 3.19. The average molecular weight is 338 g/mol. The molecule has 0 radical (unpaired) electrons. The van der Waals surface area contributed by atoms with Crippen LogP contribution in [0.3, 0.4) is 0 Å². The quantitative estimate of drug-likeness (QED) is 0.506. The molecule has 5 heteroatoms. The normalized spacial score (nSPS) is 17.1. The summed E-state index contributed by atoms with van der Waals surface area (Å²) in [5.74, 6) is -1.29. The molecule has 0 aromatic heterocycles. The minimum absolute atomic E-state index is 0.0789. The van der Waals surface area contributed by atoms with Gasteiger partial charge in [-0.3, -0.25) is 9.59 Å². The molecule has 1 aliphatic carbocycles. The van der Waals surface area contributed by atoms with Crippen LogP contribution in [-0.4, -0.2) is 19.0 Å². The number of carbonyl (C=O) groups is 2. The summed E-state index contributed by atoms with van der Waals surface area (Å²) in [6.45, 7) is 0.385. The molecular weight excluding hydrogens is 314 g/mol. The van der Waals surface area contributed by atoms with Crippen LogP contribution in [0, 0.1) is 11.8 Å². The van der Waals surface area contributed by atoms with E-state index in [1.54, 1.807) is 12.1 Å². The van der Waals surface area contributed by atoms with Crippen LogP contribution >= 0.6 is 11.6 Å². The molecule has 0 saturated heterocycles. The summed E-state index contributed by atoms with van der Waals surface area (Å²) in [6, 6.07) is 7.29. The lowest BCUT2D eigenvalue weighted by molar-refractivity contribution is -0.152. The Labute approximate surface area is 142 Å². The third-order valence-electron chi connectivity index (χ3n) is 4.49. The Morgan fingerprint density at radius 1 is 1.17 bits per heavy atom.